The summed E-state index contributed by atoms with van der Waals surface area (Å²) in [6.07, 6.45) is 2.93. The number of carbonyl (C=O) groups is 8. The monoisotopic (exact) mass is 1310 g/mol. The number of unbranched alkanes of at least 4 members (excludes halogenated alkanes) is 1. The van der Waals surface area contributed by atoms with E-state index in [0.717, 1.165) is 23.7 Å². The number of rotatable bonds is 25. The van der Waals surface area contributed by atoms with Gasteiger partial charge in [0.15, 0.2) is 5.72 Å². The SMILES string of the molecule is COc1cc2cc(c1Cl)N(C)C(=O)C[C@H](OC(=O)Nc1ccc(NC(=O)[C@H](CCCNC(N)=O)NC(=O)[C@@H](NC(C=O)CCCCNC(C=O)(CBr)CBr)C(C)C)cc1C)[C@]1(C)O[C@H]1[C@H](C)[C@@H]1C[C@@](O)(NC(=O)O1)[C@H](OC)/C=C/C=C(\C)C2. The maximum Gasteiger partial charge on any atom is 0.412 e. The quantitative estimate of drug-likeness (QED) is 0.0231. The van der Waals surface area contributed by atoms with Crippen LogP contribution in [0.15, 0.2) is 54.1 Å². The van der Waals surface area contributed by atoms with Gasteiger partial charge in [-0.15, -0.1) is 0 Å². The lowest BCUT2D eigenvalue weighted by Gasteiger charge is -2.42. The van der Waals surface area contributed by atoms with E-state index in [2.05, 4.69) is 69.1 Å². The van der Waals surface area contributed by atoms with Crippen molar-refractivity contribution in [3.63, 3.8) is 0 Å². The number of primary amides is 1. The number of allylic oxidation sites excluding steroid dienone is 3. The number of hydrogen-bond donors (Lipinski definition) is 9. The Morgan fingerprint density at radius 3 is 2.37 bits per heavy atom. The summed E-state index contributed by atoms with van der Waals surface area (Å²) in [5.74, 6) is -2.21. The molecule has 2 saturated heterocycles. The summed E-state index contributed by atoms with van der Waals surface area (Å²) in [4.78, 5) is 106. The smallest absolute Gasteiger partial charge is 0.412 e. The molecule has 2 fully saturated rings. The molecule has 5 rings (SSSR count). The maximum absolute atomic E-state index is 14.5. The summed E-state index contributed by atoms with van der Waals surface area (Å²) >= 11 is 13.6. The molecule has 26 heteroatoms. The van der Waals surface area contributed by atoms with Crippen LogP contribution in [-0.4, -0.2) is 158 Å². The van der Waals surface area contributed by atoms with Crippen molar-refractivity contribution in [2.75, 3.05) is 60.6 Å². The van der Waals surface area contributed by atoms with Crippen LogP contribution in [-0.2, 0) is 49.3 Å². The molecule has 83 heavy (non-hydrogen) atoms. The number of fused-ring (bicyclic) bond motifs is 5. The molecule has 3 aliphatic rings. The molecule has 0 spiro atoms. The van der Waals surface area contributed by atoms with E-state index < -0.39 is 108 Å². The fourth-order valence-electron chi connectivity index (χ4n) is 10.1. The van der Waals surface area contributed by atoms with Crippen molar-refractivity contribution in [3.8, 4) is 5.75 Å². The topological polar surface area (TPSA) is 320 Å². The van der Waals surface area contributed by atoms with Gasteiger partial charge in [0.2, 0.25) is 17.7 Å². The van der Waals surface area contributed by atoms with Gasteiger partial charge in [0.1, 0.15) is 53.3 Å². The molecular weight excluding hydrogens is 1230 g/mol. The largest absolute Gasteiger partial charge is 0.495 e. The van der Waals surface area contributed by atoms with Crippen molar-refractivity contribution in [1.29, 1.82) is 0 Å². The lowest BCUT2D eigenvalue weighted by molar-refractivity contribution is -0.142. The molecule has 10 N–H and O–H groups in total. The molecule has 3 aliphatic heterocycles. The van der Waals surface area contributed by atoms with Gasteiger partial charge in [-0.1, -0.05) is 94.5 Å². The molecule has 2 aromatic rings. The Morgan fingerprint density at radius 1 is 1.02 bits per heavy atom. The third-order valence-corrected chi connectivity index (χ3v) is 17.5. The Morgan fingerprint density at radius 2 is 1.75 bits per heavy atom. The highest BCUT2D eigenvalue weighted by Crippen LogP contribution is 2.49. The number of epoxide rings is 1. The number of halogens is 3. The highest BCUT2D eigenvalue weighted by atomic mass is 79.9. The number of alkyl carbamates (subject to hydrolysis) is 1. The molecular formula is C57H80Br2ClN9O14. The summed E-state index contributed by atoms with van der Waals surface area (Å²) in [5, 5.41) is 32.7. The predicted molar refractivity (Wildman–Crippen MR) is 321 cm³/mol. The molecule has 7 amide bonds. The minimum atomic E-state index is -1.90. The van der Waals surface area contributed by atoms with Gasteiger partial charge in [0, 0.05) is 55.1 Å². The summed E-state index contributed by atoms with van der Waals surface area (Å²) < 4.78 is 29.5. The molecule has 0 aromatic heterocycles. The summed E-state index contributed by atoms with van der Waals surface area (Å²) in [5.41, 5.74) is 4.35. The summed E-state index contributed by atoms with van der Waals surface area (Å²) in [6.45, 7) is 11.3. The zero-order valence-corrected chi connectivity index (χ0v) is 52.3. The number of aldehydes is 2. The standard InChI is InChI=1S/C57H80Br2ClN9O14/c1-32(2)48(64-38(28-70)15-10-11-21-63-56(29-58,30-59)31-71)51(74)66-40(16-13-20-62-52(61)75)50(73)65-37-18-19-39(34(4)23-37)67-53(76)82-45-26-46(72)69(7)41-24-36(25-42(79-8)47(41)60)22-33(3)14-12-17-44(80-9)57(78)27-43(81-54(77)68-57)35(5)49-55(45,6)83-49/h12,14,17-19,23-25,28,31-32,35,38,40,43-45,48-49,63-64,78H,10-11,13,15-16,20-22,26-27,29-30H2,1-9H3,(H,65,73)(H,66,74)(H,67,76)(H,68,77)(H3,61,62,75)/b17-12+,33-14+/t35-,38?,40+,43+,44-,45+,48+,49+,55+,57+/m1/s1. The van der Waals surface area contributed by atoms with E-state index >= 15 is 0 Å². The second-order valence-electron chi connectivity index (χ2n) is 21.9. The van der Waals surface area contributed by atoms with Gasteiger partial charge >= 0.3 is 18.2 Å². The van der Waals surface area contributed by atoms with Crippen LogP contribution >= 0.6 is 43.5 Å². The number of amides is 7. The number of carbonyl (C=O) groups excluding carboxylic acids is 8. The van der Waals surface area contributed by atoms with Crippen molar-refractivity contribution in [1.82, 2.24) is 26.6 Å². The lowest BCUT2D eigenvalue weighted by atomic mass is 9.83. The number of nitrogens with one attached hydrogen (secondary N) is 7. The van der Waals surface area contributed by atoms with Crippen LogP contribution in [0.5, 0.6) is 5.75 Å². The van der Waals surface area contributed by atoms with Gasteiger partial charge in [-0.05, 0) is 107 Å². The number of ether oxygens (including phenoxy) is 5. The Bertz CT molecular complexity index is 2720. The van der Waals surface area contributed by atoms with Crippen LogP contribution in [0.4, 0.5) is 31.4 Å². The van der Waals surface area contributed by atoms with E-state index in [9.17, 15) is 43.5 Å². The molecule has 2 aromatic carbocycles. The molecule has 0 saturated carbocycles. The number of aryl methyl sites for hydroxylation is 1. The molecule has 458 valence electrons. The molecule has 0 radical (unpaired) electrons. The highest BCUT2D eigenvalue weighted by Gasteiger charge is 2.64. The average Bonchev–Trinajstić information content (AvgIpc) is 1.91. The average molecular weight is 1310 g/mol. The molecule has 10 atom stereocenters. The van der Waals surface area contributed by atoms with E-state index in [-0.39, 0.29) is 42.4 Å². The predicted octanol–water partition coefficient (Wildman–Crippen LogP) is 6.22. The fraction of sp³-hybridized carbons (Fsp3) is 0.579. The number of nitrogens with two attached hydrogens (primary N) is 1. The number of hydrogen-bond acceptors (Lipinski definition) is 16. The Kier molecular flexibility index (Phi) is 25.4. The molecule has 23 nitrogen and oxygen atoms in total. The second kappa shape index (κ2) is 30.9. The normalized spacial score (nSPS) is 24.9. The number of aliphatic hydroxyl groups is 1. The van der Waals surface area contributed by atoms with Crippen LogP contribution < -0.4 is 52.6 Å². The van der Waals surface area contributed by atoms with E-state index in [1.807, 2.05) is 26.8 Å². The van der Waals surface area contributed by atoms with E-state index in [1.165, 1.54) is 31.3 Å². The van der Waals surface area contributed by atoms with Crippen LogP contribution in [0.3, 0.4) is 0 Å². The number of benzene rings is 2. The fourth-order valence-corrected chi connectivity index (χ4v) is 12.0. The number of methoxy groups -OCH3 is 2. The Hall–Kier alpha value is -5.67. The number of alkyl halides is 2. The first kappa shape index (κ1) is 68.1. The lowest BCUT2D eigenvalue weighted by Crippen LogP contribution is -2.63. The van der Waals surface area contributed by atoms with Crippen LogP contribution in [0.25, 0.3) is 0 Å². The first-order chi connectivity index (χ1) is 39.3. The first-order valence-electron chi connectivity index (χ1n) is 27.5. The van der Waals surface area contributed by atoms with Crippen LogP contribution in [0.2, 0.25) is 5.02 Å². The van der Waals surface area contributed by atoms with E-state index in [1.54, 1.807) is 58.2 Å². The summed E-state index contributed by atoms with van der Waals surface area (Å²) in [6, 6.07) is 4.76. The number of nitrogens with zero attached hydrogens (tertiary/aromatic N) is 1. The molecule has 0 aliphatic carbocycles. The van der Waals surface area contributed by atoms with Gasteiger partial charge in [-0.2, -0.15) is 0 Å². The maximum atomic E-state index is 14.5. The minimum Gasteiger partial charge on any atom is -0.495 e. The Balaban J connectivity index is 1.34. The highest BCUT2D eigenvalue weighted by molar-refractivity contribution is 9.10. The van der Waals surface area contributed by atoms with Crippen LogP contribution in [0, 0.1) is 18.8 Å². The minimum absolute atomic E-state index is 0.0894. The molecule has 3 heterocycles. The van der Waals surface area contributed by atoms with Gasteiger partial charge in [-0.3, -0.25) is 30.3 Å². The zero-order valence-electron chi connectivity index (χ0n) is 48.4. The number of urea groups is 1. The third-order valence-electron chi connectivity index (χ3n) is 15.2. The first-order valence-corrected chi connectivity index (χ1v) is 30.1. The number of anilines is 3. The van der Waals surface area contributed by atoms with Crippen molar-refractivity contribution in [2.45, 2.75) is 152 Å². The van der Waals surface area contributed by atoms with Gasteiger partial charge < -0.3 is 70.3 Å². The van der Waals surface area contributed by atoms with Gasteiger partial charge in [0.25, 0.3) is 0 Å². The summed E-state index contributed by atoms with van der Waals surface area (Å²) in [7, 11) is 4.42. The van der Waals surface area contributed by atoms with Gasteiger partial charge in [0.05, 0.1) is 42.9 Å². The second-order valence-corrected chi connectivity index (χ2v) is 23.4. The molecule has 1 unspecified atom stereocenters. The zero-order chi connectivity index (χ0) is 61.4. The third kappa shape index (κ3) is 18.4. The van der Waals surface area contributed by atoms with Crippen molar-refractivity contribution in [2.24, 2.45) is 17.6 Å². The Labute approximate surface area is 506 Å². The van der Waals surface area contributed by atoms with Crippen molar-refractivity contribution >= 4 is 109 Å². The van der Waals surface area contributed by atoms with Crippen molar-refractivity contribution < 1.29 is 67.1 Å². The van der Waals surface area contributed by atoms with E-state index in [4.69, 9.17) is 41.0 Å². The van der Waals surface area contributed by atoms with Gasteiger partial charge in [-0.25, -0.2) is 14.4 Å². The van der Waals surface area contributed by atoms with Crippen LogP contribution in [0.1, 0.15) is 90.7 Å². The molecule has 4 bridgehead atoms. The van der Waals surface area contributed by atoms with Crippen molar-refractivity contribution in [3.05, 3.63) is 70.3 Å². The van der Waals surface area contributed by atoms with E-state index in [0.29, 0.717) is 65.6 Å².